The van der Waals surface area contributed by atoms with Crippen molar-refractivity contribution in [3.63, 3.8) is 0 Å². The first-order chi connectivity index (χ1) is 46.2. The topological polar surface area (TPSA) is 519 Å². The molecule has 5 fully saturated rings. The highest BCUT2D eigenvalue weighted by atomic mass is 28.6. The van der Waals surface area contributed by atoms with Gasteiger partial charge < -0.3 is 172 Å². The molecule has 0 spiro atoms. The summed E-state index contributed by atoms with van der Waals surface area (Å²) in [5, 5.41) is 35.5. The highest BCUT2D eigenvalue weighted by molar-refractivity contribution is 7.04. The maximum atomic E-state index is 8.42. The molecule has 10 bridgehead atoms. The lowest BCUT2D eigenvalue weighted by Crippen LogP contribution is -2.88. The molecule has 0 aromatic heterocycles. The normalized spacial score (nSPS) is 31.9. The molecule has 5 aliphatic rings. The second kappa shape index (κ2) is 45.2. The van der Waals surface area contributed by atoms with Crippen molar-refractivity contribution in [3.8, 4) is 0 Å². The summed E-state index contributed by atoms with van der Waals surface area (Å²) in [6, 6.07) is 2.34. The number of hydrogen-bond acceptors (Lipinski definition) is 35. The van der Waals surface area contributed by atoms with Gasteiger partial charge in [0.15, 0.2) is 0 Å². The molecule has 0 aromatic carbocycles. The van der Waals surface area contributed by atoms with Crippen molar-refractivity contribution >= 4 is 88.0 Å². The van der Waals surface area contributed by atoms with Gasteiger partial charge in [0.05, 0.1) is 0 Å². The van der Waals surface area contributed by atoms with Gasteiger partial charge in [-0.15, -0.1) is 0 Å². The standard InChI is InChI=1S/C50H130N20O15Si10/c51-11-31-61-21-1-41-86-71-87(42-2-22-62-32-12-52)78-90(45-5-25-65-35-15-55)72-88(76-86,43-3-23-63-33-13-53)80-92(47-7-27-67-37-17-57)74-94(82-90,49-9-29-69-39-19-59)85-95(50-10-30-70-40-20-60)75-93(84-92,48-8-28-68-38-18-58)81-89(77-86,44-4-24-64-34-14-54)73-91(79-87,83-95)46-6-26-66-36-16-56/h61-70H,1-60H2. The van der Waals surface area contributed by atoms with Gasteiger partial charge >= 0.3 is 88.0 Å². The Hall–Kier alpha value is 0.769. The van der Waals surface area contributed by atoms with E-state index in [-0.39, 0.29) is 60.4 Å². The van der Waals surface area contributed by atoms with E-state index in [1.54, 1.807) is 0 Å². The summed E-state index contributed by atoms with van der Waals surface area (Å²) in [4.78, 5) is 0. The lowest BCUT2D eigenvalue weighted by molar-refractivity contribution is -0.0298. The second-order valence-corrected chi connectivity index (χ2v) is 55.7. The Morgan fingerprint density at radius 3 is 0.295 bits per heavy atom. The van der Waals surface area contributed by atoms with Crippen LogP contribution < -0.4 is 111 Å². The third kappa shape index (κ3) is 28.0. The zero-order valence-electron chi connectivity index (χ0n) is 57.3. The van der Waals surface area contributed by atoms with Gasteiger partial charge in [-0.2, -0.15) is 0 Å². The zero-order valence-corrected chi connectivity index (χ0v) is 67.3. The first-order valence-electron chi connectivity index (χ1n) is 35.8. The van der Waals surface area contributed by atoms with Crippen molar-refractivity contribution in [2.24, 2.45) is 57.3 Å². The number of hydrogen-bond donors (Lipinski definition) is 20. The third-order valence-corrected chi connectivity index (χ3v) is 63.2. The van der Waals surface area contributed by atoms with E-state index in [1.165, 1.54) is 0 Å². The Morgan fingerprint density at radius 1 is 0.137 bits per heavy atom. The quantitative estimate of drug-likeness (QED) is 0.0199. The van der Waals surface area contributed by atoms with E-state index in [1.807, 2.05) is 0 Å². The molecule has 0 aromatic rings. The number of nitrogens with two attached hydrogens (primary N) is 10. The monoisotopic (exact) mass is 1530 g/mol. The van der Waals surface area contributed by atoms with Gasteiger partial charge in [0.25, 0.3) is 0 Å². The molecule has 5 rings (SSSR count). The predicted molar refractivity (Wildman–Crippen MR) is 387 cm³/mol. The molecule has 0 atom stereocenters. The van der Waals surface area contributed by atoms with E-state index < -0.39 is 88.0 Å². The molecule has 0 amide bonds. The minimum atomic E-state index is -4.58. The Kier molecular flexibility index (Phi) is 40.3. The average Bonchev–Trinajstić information content (AvgIpc) is 0.689. The SMILES string of the molecule is NCCNCCC[Si]12O[Si]3(CCCNCCN)O[Si]4(CCCNCCN)O[Si](CCCNCCN)(O1)O[Si]1(CCCNCCN)O[Si](CCCNCCN)(O4)O[Si]4(CCCNCCN)O[Si](CCCNCCN)(O[Si](CCCNCCN)(O[Si](CCCNCCN)(O3)O4)O2)O1. The van der Waals surface area contributed by atoms with Gasteiger partial charge in [-0.3, -0.25) is 0 Å². The summed E-state index contributed by atoms with van der Waals surface area (Å²) < 4.78 is 126. The zero-order chi connectivity index (χ0) is 68.0. The van der Waals surface area contributed by atoms with Gasteiger partial charge in [-0.1, -0.05) is 0 Å². The van der Waals surface area contributed by atoms with Crippen LogP contribution in [-0.2, 0) is 61.7 Å². The number of nitrogens with one attached hydrogen (secondary N) is 10. The summed E-state index contributed by atoms with van der Waals surface area (Å²) in [5.41, 5.74) is 61.4. The van der Waals surface area contributed by atoms with Gasteiger partial charge in [-0.05, 0) is 130 Å². The second-order valence-electron chi connectivity index (χ2n) is 24.8. The van der Waals surface area contributed by atoms with Gasteiger partial charge in [0.2, 0.25) is 0 Å². The van der Waals surface area contributed by atoms with E-state index >= 15 is 0 Å². The largest absolute Gasteiger partial charge is 0.478 e. The fraction of sp³-hybridized carbons (Fsp3) is 1.00. The highest BCUT2D eigenvalue weighted by Gasteiger charge is 2.83. The van der Waals surface area contributed by atoms with Crippen LogP contribution in [0.2, 0.25) is 60.4 Å². The van der Waals surface area contributed by atoms with Crippen LogP contribution in [0.1, 0.15) is 64.2 Å². The maximum Gasteiger partial charge on any atom is 0.478 e. The fourth-order valence-corrected chi connectivity index (χ4v) is 75.3. The minimum Gasteiger partial charge on any atom is -0.373 e. The smallest absolute Gasteiger partial charge is 0.373 e. The summed E-state index contributed by atoms with van der Waals surface area (Å²) in [7, 11) is -45.8. The molecular formula is C50H130N20O15Si10. The van der Waals surface area contributed by atoms with Crippen LogP contribution in [0.15, 0.2) is 0 Å². The third-order valence-electron chi connectivity index (χ3n) is 16.2. The first kappa shape index (κ1) is 84.7. The summed E-state index contributed by atoms with van der Waals surface area (Å²) in [6.07, 6.45) is 5.02. The van der Waals surface area contributed by atoms with Crippen molar-refractivity contribution < 1.29 is 61.7 Å². The van der Waals surface area contributed by atoms with Crippen LogP contribution in [0.3, 0.4) is 0 Å². The molecule has 5 saturated heterocycles. The van der Waals surface area contributed by atoms with Crippen LogP contribution >= 0.6 is 0 Å². The van der Waals surface area contributed by atoms with Crippen LogP contribution in [0.25, 0.3) is 0 Å². The average molecular weight is 1530 g/mol. The molecule has 30 N–H and O–H groups in total. The Labute approximate surface area is 578 Å². The molecule has 45 heteroatoms. The van der Waals surface area contributed by atoms with Gasteiger partial charge in [-0.25, -0.2) is 0 Å². The van der Waals surface area contributed by atoms with Crippen LogP contribution in [0.4, 0.5) is 0 Å². The van der Waals surface area contributed by atoms with E-state index in [0.29, 0.717) is 261 Å². The van der Waals surface area contributed by atoms with Gasteiger partial charge in [0.1, 0.15) is 0 Å². The van der Waals surface area contributed by atoms with Crippen molar-refractivity contribution in [2.45, 2.75) is 125 Å². The molecule has 95 heavy (non-hydrogen) atoms. The van der Waals surface area contributed by atoms with E-state index in [4.69, 9.17) is 119 Å². The van der Waals surface area contributed by atoms with Crippen LogP contribution in [0.5, 0.6) is 0 Å². The molecule has 0 aliphatic carbocycles. The van der Waals surface area contributed by atoms with E-state index in [0.717, 1.165) is 0 Å². The highest BCUT2D eigenvalue weighted by Crippen LogP contribution is 2.55. The lowest BCUT2D eigenvalue weighted by Gasteiger charge is -2.63. The Bertz CT molecular complexity index is 1590. The lowest BCUT2D eigenvalue weighted by atomic mass is 10.5. The molecule has 0 radical (unpaired) electrons. The minimum absolute atomic E-state index is 0.234. The summed E-state index contributed by atoms with van der Waals surface area (Å²) >= 11 is 0. The first-order valence-corrected chi connectivity index (χ1v) is 55.1. The maximum absolute atomic E-state index is 8.42. The molecular weight excluding hydrogens is 1400 g/mol. The Balaban J connectivity index is 1.86. The van der Waals surface area contributed by atoms with Crippen LogP contribution in [0, 0.1) is 0 Å². The number of rotatable bonds is 60. The molecule has 35 nitrogen and oxygen atoms in total. The van der Waals surface area contributed by atoms with Crippen molar-refractivity contribution in [1.82, 2.24) is 53.2 Å². The summed E-state index contributed by atoms with van der Waals surface area (Å²) in [5.74, 6) is 0. The van der Waals surface area contributed by atoms with Crippen LogP contribution in [-0.4, -0.2) is 284 Å². The summed E-state index contributed by atoms with van der Waals surface area (Å²) in [6.45, 7) is 15.5. The number of fused-ring (bicyclic) bond motifs is 10. The Morgan fingerprint density at radius 2 is 0.221 bits per heavy atom. The molecule has 5 heterocycles. The van der Waals surface area contributed by atoms with E-state index in [9.17, 15) is 0 Å². The fourth-order valence-electron chi connectivity index (χ4n) is 12.3. The molecule has 0 unspecified atom stereocenters. The molecule has 560 valence electrons. The van der Waals surface area contributed by atoms with Crippen molar-refractivity contribution in [3.05, 3.63) is 0 Å². The predicted octanol–water partition coefficient (Wildman–Crippen LogP) is -5.91. The van der Waals surface area contributed by atoms with Crippen molar-refractivity contribution in [1.29, 1.82) is 0 Å². The van der Waals surface area contributed by atoms with E-state index in [2.05, 4.69) is 53.2 Å². The molecule has 0 saturated carbocycles. The van der Waals surface area contributed by atoms with Crippen molar-refractivity contribution in [2.75, 3.05) is 196 Å². The van der Waals surface area contributed by atoms with Gasteiger partial charge in [0, 0.05) is 191 Å². The molecule has 5 aliphatic heterocycles.